The van der Waals surface area contributed by atoms with Crippen LogP contribution in [0, 0.1) is 0 Å². The molecule has 19 heavy (non-hydrogen) atoms. The molecule has 3 heterocycles. The van der Waals surface area contributed by atoms with Gasteiger partial charge in [0.15, 0.2) is 5.78 Å². The van der Waals surface area contributed by atoms with Crippen molar-refractivity contribution in [3.63, 3.8) is 0 Å². The van der Waals surface area contributed by atoms with Crippen LogP contribution < -0.4 is 0 Å². The van der Waals surface area contributed by atoms with Crippen LogP contribution in [0.25, 0.3) is 0 Å². The number of carbonyl (C=O) groups excluding carboxylic acids is 1. The zero-order valence-electron chi connectivity index (χ0n) is 10.8. The minimum absolute atomic E-state index is 0.161. The van der Waals surface area contributed by atoms with E-state index in [-0.39, 0.29) is 5.78 Å². The molecule has 100 valence electrons. The van der Waals surface area contributed by atoms with Crippen LogP contribution in [0.1, 0.15) is 46.0 Å². The number of hydrogen-bond donors (Lipinski definition) is 0. The highest BCUT2D eigenvalue weighted by Gasteiger charge is 2.27. The number of ketones is 1. The van der Waals surface area contributed by atoms with Crippen molar-refractivity contribution in [1.29, 1.82) is 0 Å². The molecular formula is C14H16N2OS2. The van der Waals surface area contributed by atoms with Crippen LogP contribution in [0.4, 0.5) is 0 Å². The largest absolute Gasteiger partial charge is 0.294 e. The van der Waals surface area contributed by atoms with Gasteiger partial charge in [-0.15, -0.1) is 22.7 Å². The minimum atomic E-state index is 0.161. The summed E-state index contributed by atoms with van der Waals surface area (Å²) in [6.45, 7) is 3.67. The zero-order valence-corrected chi connectivity index (χ0v) is 12.5. The van der Waals surface area contributed by atoms with E-state index in [1.807, 2.05) is 17.6 Å². The Hall–Kier alpha value is -1.04. The quantitative estimate of drug-likeness (QED) is 0.805. The van der Waals surface area contributed by atoms with Crippen molar-refractivity contribution in [2.75, 3.05) is 6.54 Å². The first-order valence-corrected chi connectivity index (χ1v) is 8.22. The molecule has 1 aliphatic rings. The van der Waals surface area contributed by atoms with E-state index in [0.717, 1.165) is 18.0 Å². The molecule has 0 saturated carbocycles. The summed E-state index contributed by atoms with van der Waals surface area (Å²) in [5.41, 5.74) is 1.25. The Balaban J connectivity index is 1.73. The van der Waals surface area contributed by atoms with Gasteiger partial charge in [0.05, 0.1) is 10.9 Å². The van der Waals surface area contributed by atoms with E-state index in [9.17, 15) is 4.79 Å². The molecule has 2 aromatic heterocycles. The van der Waals surface area contributed by atoms with Crippen LogP contribution >= 0.6 is 22.7 Å². The van der Waals surface area contributed by atoms with E-state index in [0.29, 0.717) is 6.04 Å². The van der Waals surface area contributed by atoms with Gasteiger partial charge in [-0.1, -0.05) is 0 Å². The van der Waals surface area contributed by atoms with Crippen molar-refractivity contribution < 1.29 is 4.79 Å². The molecular weight excluding hydrogens is 276 g/mol. The Morgan fingerprint density at radius 1 is 1.53 bits per heavy atom. The topological polar surface area (TPSA) is 33.2 Å². The fourth-order valence-corrected chi connectivity index (χ4v) is 4.18. The molecule has 0 radical (unpaired) electrons. The molecule has 0 amide bonds. The third-order valence-electron chi connectivity index (χ3n) is 3.49. The molecule has 1 fully saturated rings. The van der Waals surface area contributed by atoms with E-state index >= 15 is 0 Å². The minimum Gasteiger partial charge on any atom is -0.294 e. The number of rotatable bonds is 4. The Morgan fingerprint density at radius 2 is 2.42 bits per heavy atom. The summed E-state index contributed by atoms with van der Waals surface area (Å²) in [7, 11) is 0. The second-order valence-corrected chi connectivity index (χ2v) is 6.71. The average molecular weight is 292 g/mol. The first kappa shape index (κ1) is 13.0. The first-order chi connectivity index (χ1) is 9.24. The van der Waals surface area contributed by atoms with Crippen molar-refractivity contribution in [1.82, 2.24) is 9.88 Å². The Kier molecular flexibility index (Phi) is 3.77. The second kappa shape index (κ2) is 5.53. The summed E-state index contributed by atoms with van der Waals surface area (Å²) in [5.74, 6) is 0.161. The van der Waals surface area contributed by atoms with Gasteiger partial charge in [-0.05, 0) is 43.3 Å². The van der Waals surface area contributed by atoms with Gasteiger partial charge in [-0.3, -0.25) is 9.69 Å². The van der Waals surface area contributed by atoms with E-state index < -0.39 is 0 Å². The average Bonchev–Trinajstić information content (AvgIpc) is 3.09. The van der Waals surface area contributed by atoms with Gasteiger partial charge in [0, 0.05) is 18.1 Å². The number of hydrogen-bond acceptors (Lipinski definition) is 5. The predicted octanol–water partition coefficient (Wildman–Crippen LogP) is 3.74. The number of carbonyl (C=O) groups is 1. The molecule has 1 atom stereocenters. The van der Waals surface area contributed by atoms with Gasteiger partial charge in [0.25, 0.3) is 0 Å². The number of aromatic nitrogens is 1. The highest BCUT2D eigenvalue weighted by atomic mass is 32.1. The summed E-state index contributed by atoms with van der Waals surface area (Å²) >= 11 is 3.29. The Morgan fingerprint density at radius 3 is 3.11 bits per heavy atom. The predicted molar refractivity (Wildman–Crippen MR) is 78.8 cm³/mol. The van der Waals surface area contributed by atoms with Crippen molar-refractivity contribution in [3.05, 3.63) is 38.5 Å². The molecule has 0 aliphatic carbocycles. The molecule has 0 spiro atoms. The molecule has 3 nitrogen and oxygen atoms in total. The highest BCUT2D eigenvalue weighted by molar-refractivity contribution is 7.12. The lowest BCUT2D eigenvalue weighted by Crippen LogP contribution is -2.22. The van der Waals surface area contributed by atoms with Crippen LogP contribution in [0.5, 0.6) is 0 Å². The van der Waals surface area contributed by atoms with Crippen LogP contribution in [-0.2, 0) is 6.54 Å². The van der Waals surface area contributed by atoms with E-state index in [4.69, 9.17) is 0 Å². The number of nitrogens with zero attached hydrogens (tertiary/aromatic N) is 2. The number of likely N-dealkylation sites (tertiary alicyclic amines) is 1. The van der Waals surface area contributed by atoms with Gasteiger partial charge < -0.3 is 0 Å². The molecule has 0 N–H and O–H groups in total. The number of Topliss-reactive ketones (excluding diaryl/α,β-unsaturated/α-hetero) is 1. The molecule has 0 bridgehead atoms. The first-order valence-electron chi connectivity index (χ1n) is 6.46. The third-order valence-corrected chi connectivity index (χ3v) is 5.44. The van der Waals surface area contributed by atoms with Gasteiger partial charge in [-0.2, -0.15) is 0 Å². The number of thiazole rings is 1. The van der Waals surface area contributed by atoms with E-state index in [1.54, 1.807) is 29.6 Å². The van der Waals surface area contributed by atoms with Gasteiger partial charge in [0.2, 0.25) is 0 Å². The van der Waals surface area contributed by atoms with Gasteiger partial charge >= 0.3 is 0 Å². The normalized spacial score (nSPS) is 19.9. The fraction of sp³-hybridized carbons (Fsp3) is 0.429. The summed E-state index contributed by atoms with van der Waals surface area (Å²) in [6, 6.07) is 2.49. The monoisotopic (exact) mass is 292 g/mol. The fourth-order valence-electron chi connectivity index (χ4n) is 2.57. The van der Waals surface area contributed by atoms with Crippen molar-refractivity contribution in [2.24, 2.45) is 0 Å². The Bertz CT molecular complexity index is 562. The van der Waals surface area contributed by atoms with E-state index in [2.05, 4.69) is 15.3 Å². The number of thiophene rings is 1. The van der Waals surface area contributed by atoms with Crippen molar-refractivity contribution in [3.8, 4) is 0 Å². The van der Waals surface area contributed by atoms with Gasteiger partial charge in [-0.25, -0.2) is 4.98 Å². The lowest BCUT2D eigenvalue weighted by Gasteiger charge is -2.22. The van der Waals surface area contributed by atoms with Gasteiger partial charge in [0.1, 0.15) is 5.01 Å². The molecule has 1 aliphatic heterocycles. The molecule has 1 saturated heterocycles. The van der Waals surface area contributed by atoms with Crippen molar-refractivity contribution in [2.45, 2.75) is 32.4 Å². The van der Waals surface area contributed by atoms with Crippen LogP contribution in [-0.4, -0.2) is 22.2 Å². The van der Waals surface area contributed by atoms with Crippen molar-refractivity contribution >= 4 is 28.5 Å². The maximum Gasteiger partial charge on any atom is 0.169 e. The summed E-state index contributed by atoms with van der Waals surface area (Å²) in [4.78, 5) is 19.1. The zero-order chi connectivity index (χ0) is 13.2. The standard InChI is InChI=1S/C14H16N2OS2/c1-10(17)13-7-11(9-19-13)8-16-5-2-3-12(16)14-15-4-6-18-14/h4,6-7,9,12H,2-3,5,8H2,1H3/t12-/m0/s1. The maximum absolute atomic E-state index is 11.3. The highest BCUT2D eigenvalue weighted by Crippen LogP contribution is 2.34. The summed E-state index contributed by atoms with van der Waals surface area (Å²) in [5, 5.41) is 5.37. The second-order valence-electron chi connectivity index (χ2n) is 4.87. The molecule has 5 heteroatoms. The van der Waals surface area contributed by atoms with Crippen LogP contribution in [0.15, 0.2) is 23.0 Å². The lowest BCUT2D eigenvalue weighted by atomic mass is 10.2. The van der Waals surface area contributed by atoms with E-state index in [1.165, 1.54) is 23.4 Å². The smallest absolute Gasteiger partial charge is 0.169 e. The summed E-state index contributed by atoms with van der Waals surface area (Å²) < 4.78 is 0. The molecule has 2 aromatic rings. The Labute approximate surface area is 120 Å². The summed E-state index contributed by atoms with van der Waals surface area (Å²) in [6.07, 6.45) is 4.31. The third kappa shape index (κ3) is 2.78. The molecule has 3 rings (SSSR count). The SMILES string of the molecule is CC(=O)c1cc(CN2CCC[C@H]2c2nccs2)cs1. The van der Waals surface area contributed by atoms with Crippen LogP contribution in [0.3, 0.4) is 0 Å². The molecule has 0 aromatic carbocycles. The maximum atomic E-state index is 11.3. The van der Waals surface area contributed by atoms with Crippen LogP contribution in [0.2, 0.25) is 0 Å². The lowest BCUT2D eigenvalue weighted by molar-refractivity contribution is 0.102. The molecule has 0 unspecified atom stereocenters.